The first-order chi connectivity index (χ1) is 8.55. The van der Waals surface area contributed by atoms with E-state index in [1.807, 2.05) is 0 Å². The van der Waals surface area contributed by atoms with Gasteiger partial charge < -0.3 is 10.1 Å². The summed E-state index contributed by atoms with van der Waals surface area (Å²) in [5, 5.41) is 3.26. The van der Waals surface area contributed by atoms with Crippen LogP contribution < -0.4 is 10.1 Å². The van der Waals surface area contributed by atoms with Crippen molar-refractivity contribution in [1.82, 2.24) is 10.3 Å². The number of fused-ring (bicyclic) bond motifs is 1. The Bertz CT molecular complexity index is 445. The largest absolute Gasteiger partial charge is 0.492 e. The van der Waals surface area contributed by atoms with E-state index in [1.54, 1.807) is 0 Å². The van der Waals surface area contributed by atoms with Gasteiger partial charge >= 0.3 is 6.18 Å². The van der Waals surface area contributed by atoms with Crippen molar-refractivity contribution in [3.8, 4) is 5.75 Å². The molecule has 2 fully saturated rings. The predicted molar refractivity (Wildman–Crippen MR) is 65.3 cm³/mol. The molecule has 0 bridgehead atoms. The number of aromatic nitrogens is 1. The van der Waals surface area contributed by atoms with Gasteiger partial charge in [-0.3, -0.25) is 4.98 Å². The second-order valence-electron chi connectivity index (χ2n) is 4.87. The van der Waals surface area contributed by atoms with Crippen LogP contribution in [0.25, 0.3) is 0 Å². The molecule has 106 valence electrons. The summed E-state index contributed by atoms with van der Waals surface area (Å²) in [6.07, 6.45) is -2.24. The first kappa shape index (κ1) is 14.4. The minimum absolute atomic E-state index is 0. The molecule has 1 saturated heterocycles. The standard InChI is InChI=1S/C12H13F3N2O.ClH/c13-12(14,15)7-1-8(3-16-2-7)18-6-11-9-4-17-5-10(9)11;/h1-3,9-11,17H,4-6H2;1H/t9-,10+,11?;. The molecule has 7 heteroatoms. The van der Waals surface area contributed by atoms with Gasteiger partial charge in [0.15, 0.2) is 0 Å². The summed E-state index contributed by atoms with van der Waals surface area (Å²) in [5.41, 5.74) is -0.766. The molecule has 1 saturated carbocycles. The summed E-state index contributed by atoms with van der Waals surface area (Å²) in [4.78, 5) is 3.56. The van der Waals surface area contributed by atoms with E-state index in [0.29, 0.717) is 24.4 Å². The molecule has 3 atom stereocenters. The lowest BCUT2D eigenvalue weighted by molar-refractivity contribution is -0.137. The Morgan fingerprint density at radius 1 is 1.26 bits per heavy atom. The fourth-order valence-corrected chi connectivity index (χ4v) is 2.64. The van der Waals surface area contributed by atoms with Crippen molar-refractivity contribution in [2.24, 2.45) is 17.8 Å². The number of alkyl halides is 3. The van der Waals surface area contributed by atoms with Gasteiger partial charge in [-0.15, -0.1) is 12.4 Å². The number of nitrogens with zero attached hydrogens (tertiary/aromatic N) is 1. The Hall–Kier alpha value is -1.01. The van der Waals surface area contributed by atoms with Crippen LogP contribution in [0.1, 0.15) is 5.56 Å². The van der Waals surface area contributed by atoms with Gasteiger partial charge in [-0.1, -0.05) is 0 Å². The van der Waals surface area contributed by atoms with Gasteiger partial charge in [-0.05, 0) is 31.0 Å². The Morgan fingerprint density at radius 2 is 1.95 bits per heavy atom. The third-order valence-electron chi connectivity index (χ3n) is 3.75. The SMILES string of the molecule is Cl.FC(F)(F)c1cncc(OCC2[C@H]3CNC[C@@H]23)c1. The van der Waals surface area contributed by atoms with Gasteiger partial charge in [0.1, 0.15) is 5.75 Å². The zero-order valence-electron chi connectivity index (χ0n) is 9.98. The highest BCUT2D eigenvalue weighted by molar-refractivity contribution is 5.85. The number of hydrogen-bond donors (Lipinski definition) is 1. The summed E-state index contributed by atoms with van der Waals surface area (Å²) < 4.78 is 42.8. The number of halogens is 4. The zero-order valence-corrected chi connectivity index (χ0v) is 10.8. The van der Waals surface area contributed by atoms with Gasteiger partial charge in [0, 0.05) is 12.1 Å². The minimum atomic E-state index is -4.37. The average Bonchev–Trinajstić information content (AvgIpc) is 2.77. The van der Waals surface area contributed by atoms with Crippen molar-refractivity contribution in [2.45, 2.75) is 6.18 Å². The number of nitrogens with one attached hydrogen (secondary N) is 1. The summed E-state index contributed by atoms with van der Waals surface area (Å²) in [6, 6.07) is 1.00. The second-order valence-corrected chi connectivity index (χ2v) is 4.87. The quantitative estimate of drug-likeness (QED) is 0.929. The Labute approximate surface area is 115 Å². The Kier molecular flexibility index (Phi) is 3.92. The van der Waals surface area contributed by atoms with Crippen LogP contribution in [0.2, 0.25) is 0 Å². The molecule has 1 aromatic rings. The van der Waals surface area contributed by atoms with Crippen LogP contribution >= 0.6 is 12.4 Å². The van der Waals surface area contributed by atoms with Crippen molar-refractivity contribution in [3.63, 3.8) is 0 Å². The van der Waals surface area contributed by atoms with Crippen molar-refractivity contribution >= 4 is 12.4 Å². The third kappa shape index (κ3) is 2.95. The third-order valence-corrected chi connectivity index (χ3v) is 3.75. The van der Waals surface area contributed by atoms with Crippen molar-refractivity contribution in [1.29, 1.82) is 0 Å². The van der Waals surface area contributed by atoms with E-state index in [1.165, 1.54) is 6.20 Å². The van der Waals surface area contributed by atoms with E-state index in [-0.39, 0.29) is 18.2 Å². The van der Waals surface area contributed by atoms with E-state index >= 15 is 0 Å². The van der Waals surface area contributed by atoms with Crippen molar-refractivity contribution in [2.75, 3.05) is 19.7 Å². The molecule has 2 aliphatic rings. The molecule has 3 rings (SSSR count). The topological polar surface area (TPSA) is 34.1 Å². The predicted octanol–water partition coefficient (Wildman–Crippen LogP) is 2.37. The van der Waals surface area contributed by atoms with Gasteiger partial charge in [0.05, 0.1) is 18.4 Å². The number of piperidine rings is 1. The summed E-state index contributed by atoms with van der Waals surface area (Å²) in [7, 11) is 0. The summed E-state index contributed by atoms with van der Waals surface area (Å²) >= 11 is 0. The molecule has 0 spiro atoms. The Balaban J connectivity index is 0.00000133. The first-order valence-electron chi connectivity index (χ1n) is 5.91. The van der Waals surface area contributed by atoms with Gasteiger partial charge in [-0.2, -0.15) is 13.2 Å². The maximum atomic E-state index is 12.5. The normalized spacial score (nSPS) is 28.5. The number of rotatable bonds is 3. The van der Waals surface area contributed by atoms with Crippen LogP contribution in [-0.4, -0.2) is 24.7 Å². The molecule has 3 nitrogen and oxygen atoms in total. The van der Waals surface area contributed by atoms with Crippen LogP contribution in [0.15, 0.2) is 18.5 Å². The monoisotopic (exact) mass is 294 g/mol. The fourth-order valence-electron chi connectivity index (χ4n) is 2.64. The van der Waals surface area contributed by atoms with Gasteiger partial charge in [-0.25, -0.2) is 0 Å². The molecule has 0 amide bonds. The molecule has 1 aliphatic carbocycles. The maximum Gasteiger partial charge on any atom is 0.418 e. The summed E-state index contributed by atoms with van der Waals surface area (Å²) in [5.74, 6) is 1.97. The molecule has 1 N–H and O–H groups in total. The molecule has 0 aromatic carbocycles. The minimum Gasteiger partial charge on any atom is -0.492 e. The zero-order chi connectivity index (χ0) is 12.8. The number of ether oxygens (including phenoxy) is 1. The average molecular weight is 295 g/mol. The fraction of sp³-hybridized carbons (Fsp3) is 0.583. The van der Waals surface area contributed by atoms with Gasteiger partial charge in [0.2, 0.25) is 0 Å². The molecule has 1 aliphatic heterocycles. The van der Waals surface area contributed by atoms with Crippen LogP contribution in [-0.2, 0) is 6.18 Å². The highest BCUT2D eigenvalue weighted by Crippen LogP contribution is 2.48. The molecular weight excluding hydrogens is 281 g/mol. The second kappa shape index (κ2) is 5.17. The van der Waals surface area contributed by atoms with E-state index in [2.05, 4.69) is 10.3 Å². The Morgan fingerprint density at radius 3 is 2.58 bits per heavy atom. The van der Waals surface area contributed by atoms with Crippen molar-refractivity contribution in [3.05, 3.63) is 24.0 Å². The molecule has 19 heavy (non-hydrogen) atoms. The first-order valence-corrected chi connectivity index (χ1v) is 5.91. The van der Waals surface area contributed by atoms with E-state index in [0.717, 1.165) is 25.4 Å². The highest BCUT2D eigenvalue weighted by Gasteiger charge is 2.53. The molecule has 2 heterocycles. The van der Waals surface area contributed by atoms with Crippen LogP contribution in [0.5, 0.6) is 5.75 Å². The van der Waals surface area contributed by atoms with Crippen molar-refractivity contribution < 1.29 is 17.9 Å². The molecule has 1 unspecified atom stereocenters. The number of pyridine rings is 1. The molecule has 0 radical (unpaired) electrons. The highest BCUT2D eigenvalue weighted by atomic mass is 35.5. The lowest BCUT2D eigenvalue weighted by Crippen LogP contribution is -2.17. The smallest absolute Gasteiger partial charge is 0.418 e. The maximum absolute atomic E-state index is 12.5. The van der Waals surface area contributed by atoms with Crippen LogP contribution in [0, 0.1) is 17.8 Å². The van der Waals surface area contributed by atoms with Crippen LogP contribution in [0.3, 0.4) is 0 Å². The van der Waals surface area contributed by atoms with E-state index in [4.69, 9.17) is 4.74 Å². The lowest BCUT2D eigenvalue weighted by Gasteiger charge is -2.10. The van der Waals surface area contributed by atoms with E-state index < -0.39 is 11.7 Å². The molecule has 1 aromatic heterocycles. The summed E-state index contributed by atoms with van der Waals surface area (Å²) in [6.45, 7) is 2.49. The number of hydrogen-bond acceptors (Lipinski definition) is 3. The van der Waals surface area contributed by atoms with E-state index in [9.17, 15) is 13.2 Å². The molecular formula is C12H14ClF3N2O. The lowest BCUT2D eigenvalue weighted by atomic mass is 10.2. The van der Waals surface area contributed by atoms with Crippen LogP contribution in [0.4, 0.5) is 13.2 Å². The van der Waals surface area contributed by atoms with Gasteiger partial charge in [0.25, 0.3) is 0 Å².